The van der Waals surface area contributed by atoms with Gasteiger partial charge in [0.05, 0.1) is 13.0 Å². The molecule has 0 saturated carbocycles. The van der Waals surface area contributed by atoms with Crippen molar-refractivity contribution in [3.63, 3.8) is 0 Å². The molecule has 2 aliphatic rings. The van der Waals surface area contributed by atoms with Crippen LogP contribution in [-0.4, -0.2) is 37.1 Å². The number of nitrogens with zero attached hydrogens (tertiary/aromatic N) is 1. The van der Waals surface area contributed by atoms with Gasteiger partial charge in [0.15, 0.2) is 0 Å². The molecule has 1 aromatic rings. The number of fused-ring (bicyclic) bond motifs is 2. The molecule has 4 atom stereocenters. The van der Waals surface area contributed by atoms with Crippen molar-refractivity contribution < 1.29 is 9.53 Å². The van der Waals surface area contributed by atoms with Gasteiger partial charge in [-0.2, -0.15) is 0 Å². The second-order valence-corrected chi connectivity index (χ2v) is 6.27. The molecule has 2 aliphatic heterocycles. The van der Waals surface area contributed by atoms with Gasteiger partial charge in [-0.25, -0.2) is 0 Å². The van der Waals surface area contributed by atoms with E-state index in [9.17, 15) is 4.79 Å². The molecule has 2 bridgehead atoms. The minimum atomic E-state index is -0.0484. The van der Waals surface area contributed by atoms with Crippen LogP contribution in [0.3, 0.4) is 0 Å². The fourth-order valence-electron chi connectivity index (χ4n) is 4.08. The zero-order valence-corrected chi connectivity index (χ0v) is 12.5. The smallest absolute Gasteiger partial charge is 0.310 e. The number of ether oxygens (including phenoxy) is 1. The molecule has 1 aromatic carbocycles. The van der Waals surface area contributed by atoms with Gasteiger partial charge in [0, 0.05) is 18.0 Å². The summed E-state index contributed by atoms with van der Waals surface area (Å²) in [6, 6.07) is 9.61. The van der Waals surface area contributed by atoms with Crippen molar-refractivity contribution in [3.05, 3.63) is 35.4 Å². The summed E-state index contributed by atoms with van der Waals surface area (Å²) >= 11 is 0. The van der Waals surface area contributed by atoms with Gasteiger partial charge in [-0.1, -0.05) is 29.8 Å². The quantitative estimate of drug-likeness (QED) is 0.776. The van der Waals surface area contributed by atoms with Crippen molar-refractivity contribution in [3.8, 4) is 0 Å². The van der Waals surface area contributed by atoms with Crippen molar-refractivity contribution in [2.24, 2.45) is 5.92 Å². The molecule has 0 aliphatic carbocycles. The lowest BCUT2D eigenvalue weighted by Gasteiger charge is -2.41. The van der Waals surface area contributed by atoms with Gasteiger partial charge in [-0.3, -0.25) is 9.69 Å². The molecule has 108 valence electrons. The summed E-state index contributed by atoms with van der Waals surface area (Å²) in [6.45, 7) is 2.10. The largest absolute Gasteiger partial charge is 0.469 e. The van der Waals surface area contributed by atoms with Crippen molar-refractivity contribution in [2.45, 2.75) is 44.2 Å². The summed E-state index contributed by atoms with van der Waals surface area (Å²) in [7, 11) is 3.67. The highest BCUT2D eigenvalue weighted by molar-refractivity contribution is 5.75. The minimum absolute atomic E-state index is 0.0218. The van der Waals surface area contributed by atoms with Crippen LogP contribution in [0.1, 0.15) is 36.3 Å². The maximum atomic E-state index is 12.3. The number of carbonyl (C=O) groups is 1. The summed E-state index contributed by atoms with van der Waals surface area (Å²) in [5, 5.41) is 0. The molecular weight excluding hydrogens is 250 g/mol. The van der Waals surface area contributed by atoms with Gasteiger partial charge in [-0.05, 0) is 38.8 Å². The molecule has 0 aromatic heterocycles. The fourth-order valence-corrected chi connectivity index (χ4v) is 4.08. The van der Waals surface area contributed by atoms with Gasteiger partial charge in [-0.15, -0.1) is 0 Å². The molecule has 3 rings (SSSR count). The van der Waals surface area contributed by atoms with Gasteiger partial charge in [0.2, 0.25) is 0 Å². The number of aryl methyl sites for hydroxylation is 1. The first-order valence-electron chi connectivity index (χ1n) is 7.48. The van der Waals surface area contributed by atoms with Crippen LogP contribution < -0.4 is 0 Å². The van der Waals surface area contributed by atoms with Crippen LogP contribution in [0, 0.1) is 12.8 Å². The highest BCUT2D eigenvalue weighted by Gasteiger charge is 2.49. The molecule has 0 amide bonds. The minimum Gasteiger partial charge on any atom is -0.469 e. The fraction of sp³-hybridized carbons (Fsp3) is 0.588. The van der Waals surface area contributed by atoms with E-state index in [1.807, 2.05) is 0 Å². The van der Waals surface area contributed by atoms with Crippen LogP contribution >= 0.6 is 0 Å². The zero-order valence-electron chi connectivity index (χ0n) is 12.5. The summed E-state index contributed by atoms with van der Waals surface area (Å²) in [5.41, 5.74) is 2.55. The molecule has 3 nitrogen and oxygen atoms in total. The lowest BCUT2D eigenvalue weighted by atomic mass is 9.76. The number of rotatable bonds is 2. The van der Waals surface area contributed by atoms with Crippen LogP contribution in [0.25, 0.3) is 0 Å². The van der Waals surface area contributed by atoms with E-state index in [-0.39, 0.29) is 11.9 Å². The summed E-state index contributed by atoms with van der Waals surface area (Å²) < 4.78 is 5.10. The van der Waals surface area contributed by atoms with Crippen molar-refractivity contribution >= 4 is 5.97 Å². The first-order chi connectivity index (χ1) is 9.61. The highest BCUT2D eigenvalue weighted by atomic mass is 16.5. The van der Waals surface area contributed by atoms with Gasteiger partial charge < -0.3 is 4.74 Å². The van der Waals surface area contributed by atoms with Crippen molar-refractivity contribution in [2.75, 3.05) is 14.2 Å². The number of piperidine rings is 1. The van der Waals surface area contributed by atoms with E-state index in [2.05, 4.69) is 43.1 Å². The zero-order chi connectivity index (χ0) is 14.3. The second-order valence-electron chi connectivity index (χ2n) is 6.27. The molecule has 3 heteroatoms. The van der Waals surface area contributed by atoms with E-state index in [4.69, 9.17) is 4.74 Å². The molecule has 0 radical (unpaired) electrons. The normalized spacial score (nSPS) is 33.1. The van der Waals surface area contributed by atoms with E-state index < -0.39 is 0 Å². The van der Waals surface area contributed by atoms with Crippen LogP contribution in [0.4, 0.5) is 0 Å². The number of methoxy groups -OCH3 is 1. The van der Waals surface area contributed by atoms with Crippen molar-refractivity contribution in [1.29, 1.82) is 0 Å². The predicted octanol–water partition coefficient (Wildman–Crippen LogP) is 2.73. The molecular formula is C17H23NO2. The summed E-state index contributed by atoms with van der Waals surface area (Å²) in [6.07, 6.45) is 3.39. The SMILES string of the molecule is COC(=O)[C@H]1[C@@H](c2ccc(C)cc2)CC2CC[C@H]1N2C. The Balaban J connectivity index is 1.95. The third kappa shape index (κ3) is 2.14. The van der Waals surface area contributed by atoms with Crippen molar-refractivity contribution in [1.82, 2.24) is 4.90 Å². The lowest BCUT2D eigenvalue weighted by Crippen LogP contribution is -2.49. The molecule has 0 N–H and O–H groups in total. The standard InChI is InChI=1S/C17H23NO2/c1-11-4-6-12(7-5-11)14-10-13-8-9-15(18(13)2)16(14)17(19)20-3/h4-7,13-16H,8-10H2,1-3H3/t13?,14-,15-,16+/m1/s1. The Morgan fingerprint density at radius 3 is 2.60 bits per heavy atom. The third-order valence-corrected chi connectivity index (χ3v) is 5.25. The molecule has 2 saturated heterocycles. The average molecular weight is 273 g/mol. The van der Waals surface area contributed by atoms with E-state index in [0.29, 0.717) is 18.0 Å². The van der Waals surface area contributed by atoms with E-state index in [0.717, 1.165) is 12.8 Å². The van der Waals surface area contributed by atoms with Crippen LogP contribution in [0.2, 0.25) is 0 Å². The Morgan fingerprint density at radius 2 is 1.95 bits per heavy atom. The highest BCUT2D eigenvalue weighted by Crippen LogP contribution is 2.46. The van der Waals surface area contributed by atoms with E-state index >= 15 is 0 Å². The van der Waals surface area contributed by atoms with Gasteiger partial charge in [0.1, 0.15) is 0 Å². The Kier molecular flexibility index (Phi) is 3.55. The first-order valence-corrected chi connectivity index (χ1v) is 7.48. The number of esters is 1. The average Bonchev–Trinajstić information content (AvgIpc) is 2.70. The monoisotopic (exact) mass is 273 g/mol. The predicted molar refractivity (Wildman–Crippen MR) is 78.6 cm³/mol. The molecule has 0 spiro atoms. The van der Waals surface area contributed by atoms with Gasteiger partial charge in [0.25, 0.3) is 0 Å². The second kappa shape index (κ2) is 5.21. The topological polar surface area (TPSA) is 29.5 Å². The Hall–Kier alpha value is -1.35. The number of hydrogen-bond acceptors (Lipinski definition) is 3. The van der Waals surface area contributed by atoms with E-state index in [1.54, 1.807) is 0 Å². The maximum Gasteiger partial charge on any atom is 0.310 e. The number of hydrogen-bond donors (Lipinski definition) is 0. The molecule has 2 fully saturated rings. The Morgan fingerprint density at radius 1 is 1.25 bits per heavy atom. The number of benzene rings is 1. The van der Waals surface area contributed by atoms with Crippen LogP contribution in [-0.2, 0) is 9.53 Å². The lowest BCUT2D eigenvalue weighted by molar-refractivity contribution is -0.150. The van der Waals surface area contributed by atoms with E-state index in [1.165, 1.54) is 24.7 Å². The third-order valence-electron chi connectivity index (χ3n) is 5.25. The summed E-state index contributed by atoms with van der Waals surface area (Å²) in [4.78, 5) is 14.7. The Bertz CT molecular complexity index is 496. The molecule has 2 heterocycles. The van der Waals surface area contributed by atoms with Gasteiger partial charge >= 0.3 is 5.97 Å². The van der Waals surface area contributed by atoms with Crippen LogP contribution in [0.15, 0.2) is 24.3 Å². The van der Waals surface area contributed by atoms with Crippen LogP contribution in [0.5, 0.6) is 0 Å². The first kappa shape index (κ1) is 13.6. The maximum absolute atomic E-state index is 12.3. The molecule has 20 heavy (non-hydrogen) atoms. The molecule has 1 unspecified atom stereocenters. The Labute approximate surface area is 120 Å². The number of carbonyl (C=O) groups excluding carboxylic acids is 1. The summed E-state index contributed by atoms with van der Waals surface area (Å²) in [5.74, 6) is 0.232.